The molecule has 0 saturated heterocycles. The first-order valence-electron chi connectivity index (χ1n) is 5.39. The van der Waals surface area contributed by atoms with Crippen LogP contribution >= 0.6 is 0 Å². The molecule has 0 aliphatic heterocycles. The Hall–Kier alpha value is -0.610. The fourth-order valence-electron chi connectivity index (χ4n) is 1.73. The molecule has 4 heteroatoms. The third-order valence-electron chi connectivity index (χ3n) is 2.57. The smallest absolute Gasteiger partial charge is 0.249 e. The number of likely N-dealkylation sites (N-methyl/N-ethyl adjacent to an activating group) is 2. The summed E-state index contributed by atoms with van der Waals surface area (Å²) >= 11 is 0. The van der Waals surface area contributed by atoms with E-state index in [1.807, 2.05) is 27.7 Å². The summed E-state index contributed by atoms with van der Waals surface area (Å²) in [5.41, 5.74) is 5.42. The lowest BCUT2D eigenvalue weighted by Crippen LogP contribution is -2.55. The third kappa shape index (κ3) is 3.27. The maximum absolute atomic E-state index is 11.4. The van der Waals surface area contributed by atoms with E-state index in [9.17, 15) is 4.79 Å². The average molecular weight is 201 g/mol. The van der Waals surface area contributed by atoms with E-state index in [1.165, 1.54) is 0 Å². The summed E-state index contributed by atoms with van der Waals surface area (Å²) in [6.45, 7) is 11.6. The molecular weight excluding hydrogens is 178 g/mol. The van der Waals surface area contributed by atoms with Crippen LogP contribution in [0.15, 0.2) is 0 Å². The zero-order valence-corrected chi connectivity index (χ0v) is 9.79. The molecule has 14 heavy (non-hydrogen) atoms. The third-order valence-corrected chi connectivity index (χ3v) is 2.57. The molecular formula is C10H23N3O. The molecule has 0 heterocycles. The number of hydrogen-bond acceptors (Lipinski definition) is 3. The van der Waals surface area contributed by atoms with Gasteiger partial charge in [-0.2, -0.15) is 0 Å². The lowest BCUT2D eigenvalue weighted by Gasteiger charge is -2.35. The van der Waals surface area contributed by atoms with Crippen molar-refractivity contribution in [1.29, 1.82) is 0 Å². The normalized spacial score (nSPS) is 11.6. The van der Waals surface area contributed by atoms with Crippen molar-refractivity contribution in [3.8, 4) is 0 Å². The number of carbonyl (C=O) groups is 1. The van der Waals surface area contributed by atoms with Crippen molar-refractivity contribution in [2.24, 2.45) is 5.73 Å². The zero-order valence-electron chi connectivity index (χ0n) is 9.79. The molecule has 1 amide bonds. The van der Waals surface area contributed by atoms with E-state index >= 15 is 0 Å². The van der Waals surface area contributed by atoms with E-state index in [0.29, 0.717) is 0 Å². The van der Waals surface area contributed by atoms with Crippen molar-refractivity contribution in [1.82, 2.24) is 9.80 Å². The lowest BCUT2D eigenvalue weighted by atomic mass is 10.3. The molecule has 0 fully saturated rings. The summed E-state index contributed by atoms with van der Waals surface area (Å²) in [4.78, 5) is 15.5. The zero-order chi connectivity index (χ0) is 11.1. The van der Waals surface area contributed by atoms with Gasteiger partial charge in [0.2, 0.25) is 5.91 Å². The Kier molecular flexibility index (Phi) is 6.49. The second-order valence-corrected chi connectivity index (χ2v) is 3.22. The van der Waals surface area contributed by atoms with Gasteiger partial charge < -0.3 is 5.73 Å². The highest BCUT2D eigenvalue weighted by Gasteiger charge is 2.26. The van der Waals surface area contributed by atoms with Crippen LogP contribution in [-0.2, 0) is 4.79 Å². The van der Waals surface area contributed by atoms with Gasteiger partial charge >= 0.3 is 0 Å². The number of amides is 1. The van der Waals surface area contributed by atoms with Crippen molar-refractivity contribution in [2.75, 3.05) is 26.2 Å². The van der Waals surface area contributed by atoms with Crippen LogP contribution in [0, 0.1) is 0 Å². The van der Waals surface area contributed by atoms with Gasteiger partial charge in [-0.15, -0.1) is 0 Å². The van der Waals surface area contributed by atoms with Crippen LogP contribution in [0.4, 0.5) is 0 Å². The molecule has 0 aliphatic carbocycles. The Morgan fingerprint density at radius 1 is 1.00 bits per heavy atom. The van der Waals surface area contributed by atoms with E-state index < -0.39 is 0 Å². The van der Waals surface area contributed by atoms with E-state index in [2.05, 4.69) is 9.80 Å². The quantitative estimate of drug-likeness (QED) is 0.610. The predicted molar refractivity (Wildman–Crippen MR) is 58.8 cm³/mol. The van der Waals surface area contributed by atoms with Gasteiger partial charge in [-0.05, 0) is 26.2 Å². The second-order valence-electron chi connectivity index (χ2n) is 3.22. The summed E-state index contributed by atoms with van der Waals surface area (Å²) in [5.74, 6) is -0.252. The van der Waals surface area contributed by atoms with Gasteiger partial charge in [-0.1, -0.05) is 27.7 Å². The molecule has 4 nitrogen and oxygen atoms in total. The van der Waals surface area contributed by atoms with Crippen LogP contribution in [0.5, 0.6) is 0 Å². The molecule has 0 saturated carbocycles. The fourth-order valence-corrected chi connectivity index (χ4v) is 1.73. The number of rotatable bonds is 7. The number of nitrogens with zero attached hydrogens (tertiary/aromatic N) is 2. The molecule has 2 N–H and O–H groups in total. The first-order chi connectivity index (χ1) is 6.62. The molecule has 0 atom stereocenters. The van der Waals surface area contributed by atoms with Crippen LogP contribution < -0.4 is 5.73 Å². The lowest BCUT2D eigenvalue weighted by molar-refractivity contribution is -0.130. The Morgan fingerprint density at radius 3 is 1.43 bits per heavy atom. The van der Waals surface area contributed by atoms with Crippen molar-refractivity contribution in [3.63, 3.8) is 0 Å². The molecule has 0 aromatic heterocycles. The van der Waals surface area contributed by atoms with Gasteiger partial charge in [0, 0.05) is 0 Å². The fraction of sp³-hybridized carbons (Fsp3) is 0.900. The first kappa shape index (κ1) is 13.4. The van der Waals surface area contributed by atoms with Crippen molar-refractivity contribution >= 4 is 5.91 Å². The Bertz CT molecular complexity index is 153. The topological polar surface area (TPSA) is 49.6 Å². The second kappa shape index (κ2) is 6.79. The van der Waals surface area contributed by atoms with Gasteiger partial charge in [-0.25, -0.2) is 0 Å². The highest BCUT2D eigenvalue weighted by Crippen LogP contribution is 2.05. The van der Waals surface area contributed by atoms with Gasteiger partial charge in [0.15, 0.2) is 0 Å². The minimum atomic E-state index is -0.252. The molecule has 0 aliphatic rings. The first-order valence-corrected chi connectivity index (χ1v) is 5.39. The molecule has 0 bridgehead atoms. The monoisotopic (exact) mass is 201 g/mol. The minimum absolute atomic E-state index is 0.250. The van der Waals surface area contributed by atoms with Crippen LogP contribution in [0.25, 0.3) is 0 Å². The molecule has 0 spiro atoms. The van der Waals surface area contributed by atoms with Crippen molar-refractivity contribution in [2.45, 2.75) is 33.9 Å². The summed E-state index contributed by atoms with van der Waals surface area (Å²) < 4.78 is 0. The van der Waals surface area contributed by atoms with E-state index in [4.69, 9.17) is 5.73 Å². The van der Waals surface area contributed by atoms with Crippen LogP contribution in [0.2, 0.25) is 0 Å². The van der Waals surface area contributed by atoms with Gasteiger partial charge in [0.1, 0.15) is 6.17 Å². The van der Waals surface area contributed by atoms with Crippen molar-refractivity contribution in [3.05, 3.63) is 0 Å². The number of hydrogen-bond donors (Lipinski definition) is 1. The Labute approximate surface area is 87.0 Å². The predicted octanol–water partition coefficient (Wildman–Crippen LogP) is 0.481. The van der Waals surface area contributed by atoms with Crippen LogP contribution in [0.3, 0.4) is 0 Å². The minimum Gasteiger partial charge on any atom is -0.367 e. The SMILES string of the molecule is CCN(CC)C(C(N)=O)N(CC)CC. The Morgan fingerprint density at radius 2 is 1.29 bits per heavy atom. The summed E-state index contributed by atoms with van der Waals surface area (Å²) in [5, 5.41) is 0. The molecule has 0 radical (unpaired) electrons. The molecule has 0 rings (SSSR count). The van der Waals surface area contributed by atoms with E-state index in [0.717, 1.165) is 26.2 Å². The highest BCUT2D eigenvalue weighted by atomic mass is 16.1. The average Bonchev–Trinajstić information content (AvgIpc) is 2.18. The maximum atomic E-state index is 11.4. The van der Waals surface area contributed by atoms with Crippen LogP contribution in [0.1, 0.15) is 27.7 Å². The maximum Gasteiger partial charge on any atom is 0.249 e. The van der Waals surface area contributed by atoms with Gasteiger partial charge in [0.05, 0.1) is 0 Å². The molecule has 0 aromatic carbocycles. The number of carbonyl (C=O) groups excluding carboxylic acids is 1. The molecule has 0 aromatic rings. The van der Waals surface area contributed by atoms with E-state index in [1.54, 1.807) is 0 Å². The van der Waals surface area contributed by atoms with Gasteiger partial charge in [0.25, 0.3) is 0 Å². The Balaban J connectivity index is 4.62. The molecule has 0 unspecified atom stereocenters. The number of primary amides is 1. The van der Waals surface area contributed by atoms with Crippen LogP contribution in [-0.4, -0.2) is 48.1 Å². The van der Waals surface area contributed by atoms with Crippen molar-refractivity contribution < 1.29 is 4.79 Å². The largest absolute Gasteiger partial charge is 0.367 e. The van der Waals surface area contributed by atoms with Gasteiger partial charge in [-0.3, -0.25) is 14.6 Å². The standard InChI is InChI=1S/C10H23N3O/c1-5-12(6-2)10(9(11)14)13(7-3)8-4/h10H,5-8H2,1-4H3,(H2,11,14). The summed E-state index contributed by atoms with van der Waals surface area (Å²) in [6.07, 6.45) is -0.250. The number of nitrogens with two attached hydrogens (primary N) is 1. The summed E-state index contributed by atoms with van der Waals surface area (Å²) in [6, 6.07) is 0. The van der Waals surface area contributed by atoms with E-state index in [-0.39, 0.29) is 12.1 Å². The molecule has 84 valence electrons. The highest BCUT2D eigenvalue weighted by molar-refractivity contribution is 5.79. The summed E-state index contributed by atoms with van der Waals surface area (Å²) in [7, 11) is 0.